The van der Waals surface area contributed by atoms with E-state index >= 15 is 0 Å². The first-order chi connectivity index (χ1) is 11.2. The highest BCUT2D eigenvalue weighted by atomic mass is 35.5. The van der Waals surface area contributed by atoms with Crippen molar-refractivity contribution in [1.29, 1.82) is 0 Å². The number of benzene rings is 1. The molecule has 0 atom stereocenters. The first-order valence-electron chi connectivity index (χ1n) is 6.77. The number of rotatable bonds is 3. The molecule has 1 aromatic carbocycles. The van der Waals surface area contributed by atoms with Crippen molar-refractivity contribution < 1.29 is 9.53 Å². The van der Waals surface area contributed by atoms with E-state index in [0.717, 1.165) is 5.56 Å². The topological polar surface area (TPSA) is 56.5 Å². The van der Waals surface area contributed by atoms with Gasteiger partial charge < -0.3 is 9.30 Å². The Bertz CT molecular complexity index is 857. The maximum atomic E-state index is 11.9. The van der Waals surface area contributed by atoms with Crippen LogP contribution in [-0.2, 0) is 6.54 Å². The third-order valence-electron chi connectivity index (χ3n) is 2.94. The highest BCUT2D eigenvalue weighted by Gasteiger charge is 2.04. The van der Waals surface area contributed by atoms with Crippen LogP contribution in [0, 0.1) is 0 Å². The van der Waals surface area contributed by atoms with Gasteiger partial charge >= 0.3 is 6.09 Å². The lowest BCUT2D eigenvalue weighted by atomic mass is 10.3. The number of ether oxygens (including phenoxy) is 1. The third kappa shape index (κ3) is 4.28. The monoisotopic (exact) mass is 345 g/mol. The van der Waals surface area contributed by atoms with Gasteiger partial charge in [-0.25, -0.2) is 9.78 Å². The lowest BCUT2D eigenvalue weighted by molar-refractivity contribution is 0.210. The van der Waals surface area contributed by atoms with Crippen LogP contribution in [-0.4, -0.2) is 15.6 Å². The number of amides is 1. The summed E-state index contributed by atoms with van der Waals surface area (Å²) in [4.78, 5) is 20.5. The van der Waals surface area contributed by atoms with Gasteiger partial charge in [-0.05, 0) is 23.8 Å². The molecule has 7 heteroatoms. The van der Waals surface area contributed by atoms with E-state index in [1.807, 2.05) is 28.3 Å². The normalized spacial score (nSPS) is 11.4. The maximum Gasteiger partial charge on any atom is 0.441 e. The minimum absolute atomic E-state index is 0.445. The zero-order valence-corrected chi connectivity index (χ0v) is 13.5. The molecule has 3 aromatic rings. The Kier molecular flexibility index (Phi) is 4.85. The van der Waals surface area contributed by atoms with Gasteiger partial charge in [-0.2, -0.15) is 0 Å². The lowest BCUT2D eigenvalue weighted by Gasteiger charge is -2.03. The van der Waals surface area contributed by atoms with E-state index in [1.54, 1.807) is 36.5 Å². The average Bonchev–Trinajstić information content (AvgIpc) is 2.97. The van der Waals surface area contributed by atoms with Crippen molar-refractivity contribution in [3.05, 3.63) is 75.8 Å². The minimum Gasteiger partial charge on any atom is -0.409 e. The predicted octanol–water partition coefficient (Wildman–Crippen LogP) is 3.75. The molecule has 0 spiro atoms. The van der Waals surface area contributed by atoms with Crippen LogP contribution < -0.4 is 9.54 Å². The van der Waals surface area contributed by atoms with Crippen LogP contribution >= 0.6 is 22.9 Å². The van der Waals surface area contributed by atoms with Crippen molar-refractivity contribution in [3.8, 4) is 5.75 Å². The SMILES string of the molecule is O=C(/N=c1\sccn1Cc1ccc(Cl)nc1)Oc1ccccc1. The van der Waals surface area contributed by atoms with Crippen molar-refractivity contribution in [2.75, 3.05) is 0 Å². The largest absolute Gasteiger partial charge is 0.441 e. The Morgan fingerprint density at radius 3 is 2.83 bits per heavy atom. The molecule has 5 nitrogen and oxygen atoms in total. The summed E-state index contributed by atoms with van der Waals surface area (Å²) < 4.78 is 7.02. The summed E-state index contributed by atoms with van der Waals surface area (Å²) in [5.41, 5.74) is 0.964. The van der Waals surface area contributed by atoms with Gasteiger partial charge in [0.25, 0.3) is 0 Å². The second-order valence-electron chi connectivity index (χ2n) is 4.60. The van der Waals surface area contributed by atoms with Gasteiger partial charge in [-0.3, -0.25) is 0 Å². The van der Waals surface area contributed by atoms with E-state index in [2.05, 4.69) is 9.98 Å². The summed E-state index contributed by atoms with van der Waals surface area (Å²) in [6, 6.07) is 12.5. The molecule has 0 fully saturated rings. The number of aromatic nitrogens is 2. The molecule has 116 valence electrons. The number of hydrogen-bond donors (Lipinski definition) is 0. The van der Waals surface area contributed by atoms with Crippen molar-refractivity contribution >= 4 is 29.0 Å². The highest BCUT2D eigenvalue weighted by Crippen LogP contribution is 2.09. The van der Waals surface area contributed by atoms with Crippen LogP contribution in [0.1, 0.15) is 5.56 Å². The van der Waals surface area contributed by atoms with E-state index in [0.29, 0.717) is 22.2 Å². The van der Waals surface area contributed by atoms with Crippen molar-refractivity contribution in [2.45, 2.75) is 6.54 Å². The molecule has 0 saturated carbocycles. The quantitative estimate of drug-likeness (QED) is 0.679. The molecule has 0 aliphatic carbocycles. The van der Waals surface area contributed by atoms with Crippen molar-refractivity contribution in [1.82, 2.24) is 9.55 Å². The Balaban J connectivity index is 1.77. The molecular formula is C16H12ClN3O2S. The molecule has 23 heavy (non-hydrogen) atoms. The van der Waals surface area contributed by atoms with Gasteiger partial charge in [0.15, 0.2) is 4.80 Å². The van der Waals surface area contributed by atoms with E-state index in [9.17, 15) is 4.79 Å². The fourth-order valence-corrected chi connectivity index (χ4v) is 2.72. The van der Waals surface area contributed by atoms with Gasteiger partial charge in [0, 0.05) is 17.8 Å². The van der Waals surface area contributed by atoms with Crippen molar-refractivity contribution in [2.24, 2.45) is 4.99 Å². The Morgan fingerprint density at radius 2 is 2.09 bits per heavy atom. The summed E-state index contributed by atoms with van der Waals surface area (Å²) in [6.45, 7) is 0.547. The van der Waals surface area contributed by atoms with E-state index in [1.165, 1.54) is 11.3 Å². The van der Waals surface area contributed by atoms with Crippen LogP contribution in [0.3, 0.4) is 0 Å². The zero-order chi connectivity index (χ0) is 16.1. The van der Waals surface area contributed by atoms with Gasteiger partial charge in [0.2, 0.25) is 0 Å². The van der Waals surface area contributed by atoms with E-state index in [-0.39, 0.29) is 0 Å². The minimum atomic E-state index is -0.651. The highest BCUT2D eigenvalue weighted by molar-refractivity contribution is 7.07. The van der Waals surface area contributed by atoms with Crippen LogP contribution in [0.4, 0.5) is 4.79 Å². The molecule has 0 bridgehead atoms. The van der Waals surface area contributed by atoms with Gasteiger partial charge in [0.1, 0.15) is 10.9 Å². The molecule has 1 amide bonds. The number of para-hydroxylation sites is 1. The van der Waals surface area contributed by atoms with Gasteiger partial charge in [-0.15, -0.1) is 16.3 Å². The second-order valence-corrected chi connectivity index (χ2v) is 5.86. The smallest absolute Gasteiger partial charge is 0.409 e. The molecule has 0 unspecified atom stereocenters. The molecule has 0 N–H and O–H groups in total. The van der Waals surface area contributed by atoms with Gasteiger partial charge in [0.05, 0.1) is 6.54 Å². The second kappa shape index (κ2) is 7.21. The standard InChI is InChI=1S/C16H12ClN3O2S/c17-14-7-6-12(10-18-14)11-20-8-9-23-15(20)19-16(21)22-13-4-2-1-3-5-13/h1-10H,11H2/b19-15-. The first-order valence-corrected chi connectivity index (χ1v) is 8.02. The Labute approximate surface area is 141 Å². The number of carbonyl (C=O) groups excluding carboxylic acids is 1. The first kappa shape index (κ1) is 15.5. The van der Waals surface area contributed by atoms with Crippen LogP contribution in [0.2, 0.25) is 5.15 Å². The number of halogens is 1. The number of thiazole rings is 1. The van der Waals surface area contributed by atoms with E-state index < -0.39 is 6.09 Å². The van der Waals surface area contributed by atoms with Crippen LogP contribution in [0.5, 0.6) is 5.75 Å². The summed E-state index contributed by atoms with van der Waals surface area (Å²) in [5.74, 6) is 0.464. The maximum absolute atomic E-state index is 11.9. The van der Waals surface area contributed by atoms with E-state index in [4.69, 9.17) is 16.3 Å². The summed E-state index contributed by atoms with van der Waals surface area (Å²) in [5, 5.41) is 2.30. The zero-order valence-electron chi connectivity index (χ0n) is 11.9. The summed E-state index contributed by atoms with van der Waals surface area (Å²) in [6.07, 6.45) is 2.90. The number of pyridine rings is 1. The number of nitrogens with zero attached hydrogens (tertiary/aromatic N) is 3. The molecule has 2 heterocycles. The van der Waals surface area contributed by atoms with Crippen LogP contribution in [0.25, 0.3) is 0 Å². The molecule has 2 aromatic heterocycles. The lowest BCUT2D eigenvalue weighted by Crippen LogP contribution is -2.18. The van der Waals surface area contributed by atoms with Crippen molar-refractivity contribution in [3.63, 3.8) is 0 Å². The Hall–Kier alpha value is -2.44. The average molecular weight is 346 g/mol. The molecular weight excluding hydrogens is 334 g/mol. The molecule has 0 aliphatic heterocycles. The molecule has 0 saturated heterocycles. The fourth-order valence-electron chi connectivity index (χ4n) is 1.89. The van der Waals surface area contributed by atoms with Gasteiger partial charge in [-0.1, -0.05) is 35.9 Å². The molecule has 3 rings (SSSR count). The summed E-state index contributed by atoms with van der Waals surface area (Å²) >= 11 is 7.13. The fraction of sp³-hybridized carbons (Fsp3) is 0.0625. The van der Waals surface area contributed by atoms with Crippen LogP contribution in [0.15, 0.2) is 65.2 Å². The third-order valence-corrected chi connectivity index (χ3v) is 3.95. The summed E-state index contributed by atoms with van der Waals surface area (Å²) in [7, 11) is 0. The predicted molar refractivity (Wildman–Crippen MR) is 88.7 cm³/mol. The Morgan fingerprint density at radius 1 is 1.26 bits per heavy atom. The number of hydrogen-bond acceptors (Lipinski definition) is 4. The molecule has 0 radical (unpaired) electrons. The number of carbonyl (C=O) groups is 1. The molecule has 0 aliphatic rings.